The van der Waals surface area contributed by atoms with E-state index in [1.165, 1.54) is 0 Å². The van der Waals surface area contributed by atoms with Crippen LogP contribution < -0.4 is 4.90 Å². The summed E-state index contributed by atoms with van der Waals surface area (Å²) in [4.78, 5) is 2.06. The van der Waals surface area contributed by atoms with Gasteiger partial charge in [0.2, 0.25) is 0 Å². The molecule has 0 atom stereocenters. The first kappa shape index (κ1) is 34.8. The molecule has 0 N–H and O–H groups in total. The molecule has 0 bridgehead atoms. The Morgan fingerprint density at radius 1 is 0.727 bits per heavy atom. The van der Waals surface area contributed by atoms with Crippen molar-refractivity contribution in [2.24, 2.45) is 0 Å². The van der Waals surface area contributed by atoms with Gasteiger partial charge in [-0.3, -0.25) is 0 Å². The fourth-order valence-electron chi connectivity index (χ4n) is 1.31. The van der Waals surface area contributed by atoms with Gasteiger partial charge >= 0.3 is 32.7 Å². The molecule has 0 aliphatic heterocycles. The van der Waals surface area contributed by atoms with Gasteiger partial charge in [0.15, 0.2) is 0 Å². The van der Waals surface area contributed by atoms with E-state index in [-0.39, 0.29) is 106 Å². The molecule has 2 aromatic carbocycles. The molecule has 0 saturated heterocycles. The maximum Gasteiger partial charge on any atom is 3.00 e. The summed E-state index contributed by atoms with van der Waals surface area (Å²) in [7, 11) is 2.01. The predicted octanol–water partition coefficient (Wildman–Crippen LogP) is 5.55. The molecular weight excluding hydrogens is 497 g/mol. The number of hydrogen-bond acceptors (Lipinski definition) is 1. The smallest absolute Gasteiger partial charge is 0.391 e. The minimum Gasteiger partial charge on any atom is -0.391 e. The topological polar surface area (TPSA) is 3.24 Å². The summed E-state index contributed by atoms with van der Waals surface area (Å²) in [5.41, 5.74) is 2.10. The fourth-order valence-corrected chi connectivity index (χ4v) is 1.31. The predicted molar refractivity (Wildman–Crippen MR) is 87.7 cm³/mol. The third-order valence-corrected chi connectivity index (χ3v) is 2.11. The number of anilines is 2. The minimum atomic E-state index is 0. The van der Waals surface area contributed by atoms with Gasteiger partial charge in [-0.25, -0.2) is 0 Å². The van der Waals surface area contributed by atoms with E-state index < -0.39 is 0 Å². The summed E-state index contributed by atoms with van der Waals surface area (Å²) in [6, 6.07) is 22.2. The van der Waals surface area contributed by atoms with Crippen molar-refractivity contribution in [3.8, 4) is 0 Å². The molecule has 1 nitrogen and oxygen atoms in total. The molecule has 2 rings (SSSR count). The summed E-state index contributed by atoms with van der Waals surface area (Å²) in [6.45, 7) is 8.00. The molecule has 0 unspecified atom stereocenters. The standard InChI is InChI=1S/C13H11N.2C2H6.CH3.3Y/c1-14(12-8-4-2-5-9-12)13-10-6-3-7-11-13;2*1-2;;;;/h2-8,10H,1H3;2*1-2H3;1H3;;;/q-2;;;-1;;;+3. The summed E-state index contributed by atoms with van der Waals surface area (Å²) in [5.74, 6) is 0. The van der Waals surface area contributed by atoms with Crippen LogP contribution in [-0.4, -0.2) is 7.05 Å². The maximum atomic E-state index is 3.17. The molecule has 0 aromatic heterocycles. The van der Waals surface area contributed by atoms with Gasteiger partial charge in [0, 0.05) is 72.5 Å². The van der Waals surface area contributed by atoms with Crippen molar-refractivity contribution in [1.29, 1.82) is 0 Å². The van der Waals surface area contributed by atoms with Crippen molar-refractivity contribution in [3.63, 3.8) is 0 Å². The Morgan fingerprint density at radius 2 is 1.05 bits per heavy atom. The molecule has 0 spiro atoms. The number of para-hydroxylation sites is 2. The van der Waals surface area contributed by atoms with Crippen molar-refractivity contribution in [3.05, 3.63) is 68.1 Å². The molecule has 4 heteroatoms. The number of hydrogen-bond donors (Lipinski definition) is 0. The van der Waals surface area contributed by atoms with Crippen LogP contribution in [0.15, 0.2) is 48.5 Å². The van der Waals surface area contributed by atoms with Gasteiger partial charge in [0.25, 0.3) is 0 Å². The molecule has 2 radical (unpaired) electrons. The molecule has 0 saturated carbocycles. The fraction of sp³-hybridized carbons (Fsp3) is 0.278. The number of rotatable bonds is 2. The Balaban J connectivity index is -0.000000112. The van der Waals surface area contributed by atoms with E-state index in [0.29, 0.717) is 0 Å². The Hall–Kier alpha value is 1.55. The van der Waals surface area contributed by atoms with Crippen LogP contribution in [0.2, 0.25) is 0 Å². The van der Waals surface area contributed by atoms with Crippen molar-refractivity contribution in [2.75, 3.05) is 11.9 Å². The first-order valence-corrected chi connectivity index (χ1v) is 6.55. The Labute approximate surface area is 214 Å². The number of benzene rings is 2. The molecular formula is C18H26NY3. The molecule has 0 fully saturated rings. The van der Waals surface area contributed by atoms with Crippen molar-refractivity contribution >= 4 is 11.4 Å². The number of nitrogens with zero attached hydrogens (tertiary/aromatic N) is 1. The third-order valence-electron chi connectivity index (χ3n) is 2.11. The van der Waals surface area contributed by atoms with Crippen molar-refractivity contribution < 1.29 is 98.1 Å². The summed E-state index contributed by atoms with van der Waals surface area (Å²) in [6.07, 6.45) is 0. The zero-order valence-corrected chi connectivity index (χ0v) is 23.3. The van der Waals surface area contributed by atoms with Crippen LogP contribution in [0.1, 0.15) is 27.7 Å². The zero-order chi connectivity index (χ0) is 13.8. The van der Waals surface area contributed by atoms with Crippen LogP contribution in [0.25, 0.3) is 0 Å². The van der Waals surface area contributed by atoms with Crippen LogP contribution in [0.4, 0.5) is 11.4 Å². The van der Waals surface area contributed by atoms with Crippen molar-refractivity contribution in [1.82, 2.24) is 0 Å². The second-order valence-corrected chi connectivity index (χ2v) is 3.05. The van der Waals surface area contributed by atoms with E-state index in [1.807, 2.05) is 83.3 Å². The van der Waals surface area contributed by atoms with Gasteiger partial charge in [-0.2, -0.15) is 48.5 Å². The van der Waals surface area contributed by atoms with Gasteiger partial charge in [0.1, 0.15) is 0 Å². The molecule has 0 aliphatic carbocycles. The summed E-state index contributed by atoms with van der Waals surface area (Å²) in [5, 5.41) is 0. The second kappa shape index (κ2) is 24.8. The summed E-state index contributed by atoms with van der Waals surface area (Å²) < 4.78 is 0. The van der Waals surface area contributed by atoms with Crippen LogP contribution in [0.3, 0.4) is 0 Å². The summed E-state index contributed by atoms with van der Waals surface area (Å²) >= 11 is 0. The van der Waals surface area contributed by atoms with Gasteiger partial charge in [-0.15, -0.1) is 12.1 Å². The Kier molecular flexibility index (Phi) is 39.2. The molecule has 22 heavy (non-hydrogen) atoms. The van der Waals surface area contributed by atoms with E-state index in [9.17, 15) is 0 Å². The Morgan fingerprint density at radius 3 is 1.27 bits per heavy atom. The average Bonchev–Trinajstić information content (AvgIpc) is 2.52. The largest absolute Gasteiger partial charge is 3.00 e. The SMILES string of the molecule is CC.CC.CN(c1[c-]cccc1)c1[c-]cccc1.[CH3-].[Y+3].[Y].[Y]. The van der Waals surface area contributed by atoms with Crippen molar-refractivity contribution in [2.45, 2.75) is 27.7 Å². The van der Waals surface area contributed by atoms with Crippen LogP contribution in [-0.2, 0) is 98.1 Å². The van der Waals surface area contributed by atoms with Crippen LogP contribution in [0, 0.1) is 19.6 Å². The van der Waals surface area contributed by atoms with E-state index in [4.69, 9.17) is 0 Å². The molecule has 2 aromatic rings. The Bertz CT molecular complexity index is 354. The van der Waals surface area contributed by atoms with Crippen LogP contribution in [0.5, 0.6) is 0 Å². The molecule has 0 aliphatic rings. The zero-order valence-electron chi connectivity index (χ0n) is 14.8. The van der Waals surface area contributed by atoms with Gasteiger partial charge in [-0.05, 0) is 0 Å². The van der Waals surface area contributed by atoms with E-state index in [1.54, 1.807) is 0 Å². The van der Waals surface area contributed by atoms with Gasteiger partial charge in [-0.1, -0.05) is 39.1 Å². The van der Waals surface area contributed by atoms with E-state index in [0.717, 1.165) is 11.4 Å². The average molecular weight is 523 g/mol. The molecule has 112 valence electrons. The van der Waals surface area contributed by atoms with E-state index in [2.05, 4.69) is 17.0 Å². The maximum absolute atomic E-state index is 3.17. The first-order valence-electron chi connectivity index (χ1n) is 6.55. The second-order valence-electron chi connectivity index (χ2n) is 3.05. The molecule has 0 amide bonds. The minimum absolute atomic E-state index is 0. The molecule has 0 heterocycles. The van der Waals surface area contributed by atoms with Gasteiger partial charge < -0.3 is 12.3 Å². The van der Waals surface area contributed by atoms with Crippen LogP contribution >= 0.6 is 0 Å². The van der Waals surface area contributed by atoms with Gasteiger partial charge in [0.05, 0.1) is 0 Å². The quantitative estimate of drug-likeness (QED) is 0.467. The first-order chi connectivity index (χ1) is 8.88. The van der Waals surface area contributed by atoms with E-state index >= 15 is 0 Å². The third kappa shape index (κ3) is 13.9. The normalized spacial score (nSPS) is 6.77. The monoisotopic (exact) mass is 523 g/mol.